The van der Waals surface area contributed by atoms with Gasteiger partial charge in [-0.2, -0.15) is 0 Å². The van der Waals surface area contributed by atoms with Crippen molar-refractivity contribution in [3.8, 4) is 5.75 Å². The number of likely N-dealkylation sites (tertiary alicyclic amines) is 1. The minimum absolute atomic E-state index is 0.00855. The van der Waals surface area contributed by atoms with Crippen LogP contribution in [-0.4, -0.2) is 44.0 Å². The van der Waals surface area contributed by atoms with E-state index in [1.807, 2.05) is 42.5 Å². The number of ether oxygens (including phenoxy) is 1. The van der Waals surface area contributed by atoms with Gasteiger partial charge < -0.3 is 14.2 Å². The number of amides is 1. The lowest BCUT2D eigenvalue weighted by molar-refractivity contribution is -0.135. The molecule has 9 heteroatoms. The number of carbonyl (C=O) groups is 1. The van der Waals surface area contributed by atoms with Crippen LogP contribution in [0.15, 0.2) is 47.5 Å². The second kappa shape index (κ2) is 9.29. The van der Waals surface area contributed by atoms with Gasteiger partial charge in [0.15, 0.2) is 11.6 Å². The molecule has 1 N–H and O–H groups in total. The van der Waals surface area contributed by atoms with Crippen molar-refractivity contribution < 1.29 is 22.3 Å². The Bertz CT molecular complexity index is 1330. The maximum absolute atomic E-state index is 13.7. The van der Waals surface area contributed by atoms with Crippen LogP contribution < -0.4 is 9.46 Å². The summed E-state index contributed by atoms with van der Waals surface area (Å²) in [5, 5.41) is 0.980. The van der Waals surface area contributed by atoms with Crippen molar-refractivity contribution in [1.29, 1.82) is 0 Å². The quantitative estimate of drug-likeness (QED) is 0.556. The predicted molar refractivity (Wildman–Crippen MR) is 130 cm³/mol. The Morgan fingerprint density at radius 1 is 1.15 bits per heavy atom. The molecule has 2 aromatic carbocycles. The molecule has 0 unspecified atom stereocenters. The molecule has 1 aromatic heterocycles. The Hall–Kier alpha value is -3.07. The third-order valence-electron chi connectivity index (χ3n) is 6.45. The van der Waals surface area contributed by atoms with Crippen molar-refractivity contribution in [2.24, 2.45) is 13.0 Å². The van der Waals surface area contributed by atoms with E-state index in [0.29, 0.717) is 5.69 Å². The topological polar surface area (TPSA) is 80.6 Å². The van der Waals surface area contributed by atoms with Gasteiger partial charge in [0.2, 0.25) is 5.91 Å². The van der Waals surface area contributed by atoms with Crippen LogP contribution >= 0.6 is 0 Å². The number of nitrogens with zero attached hydrogens (tertiary/aromatic N) is 2. The number of carbonyl (C=O) groups excluding carboxylic acids is 1. The first-order valence-corrected chi connectivity index (χ1v) is 12.8. The Kier molecular flexibility index (Phi) is 6.58. The lowest BCUT2D eigenvalue weighted by Crippen LogP contribution is -2.40. The molecule has 1 amide bonds. The number of halogens is 1. The van der Waals surface area contributed by atoms with Gasteiger partial charge >= 0.3 is 0 Å². The van der Waals surface area contributed by atoms with Gasteiger partial charge in [-0.05, 0) is 54.7 Å². The lowest BCUT2D eigenvalue weighted by Gasteiger charge is -2.33. The molecule has 0 aliphatic carbocycles. The molecule has 182 valence electrons. The van der Waals surface area contributed by atoms with Crippen molar-refractivity contribution >= 4 is 32.5 Å². The fourth-order valence-corrected chi connectivity index (χ4v) is 5.67. The fraction of sp³-hybridized carbons (Fsp3) is 0.400. The van der Waals surface area contributed by atoms with Crippen LogP contribution in [0.1, 0.15) is 38.2 Å². The molecular formula is C25H30FN3O4S. The Balaban J connectivity index is 1.60. The van der Waals surface area contributed by atoms with Crippen LogP contribution in [0.5, 0.6) is 5.75 Å². The third kappa shape index (κ3) is 4.61. The van der Waals surface area contributed by atoms with Gasteiger partial charge in [0.1, 0.15) is 0 Å². The van der Waals surface area contributed by atoms with Crippen LogP contribution in [0, 0.1) is 11.7 Å². The number of hydrogen-bond donors (Lipinski definition) is 1. The number of rotatable bonds is 6. The van der Waals surface area contributed by atoms with Gasteiger partial charge in [-0.15, -0.1) is 0 Å². The van der Waals surface area contributed by atoms with Gasteiger partial charge in [-0.3, -0.25) is 9.52 Å². The molecular weight excluding hydrogens is 457 g/mol. The standard InChI is InChI=1S/C25H30FN3O4S/c1-16(2)25(30)29-11-9-17(10-12-29)21-15-28(3)23-8-5-18(13-20(21)23)27-34(31,32)19-6-7-22(26)24(14-19)33-4/h5-8,13-17,27H,9-12H2,1-4H3. The van der Waals surface area contributed by atoms with Crippen LogP contribution in [0.4, 0.5) is 10.1 Å². The smallest absolute Gasteiger partial charge is 0.262 e. The number of aryl methyl sites for hydroxylation is 1. The van der Waals surface area contributed by atoms with Gasteiger partial charge in [0, 0.05) is 54.9 Å². The monoisotopic (exact) mass is 487 g/mol. The van der Waals surface area contributed by atoms with Crippen molar-refractivity contribution in [2.75, 3.05) is 24.9 Å². The van der Waals surface area contributed by atoms with E-state index in [4.69, 9.17) is 4.74 Å². The van der Waals surface area contributed by atoms with E-state index in [0.717, 1.165) is 54.5 Å². The van der Waals surface area contributed by atoms with Crippen LogP contribution in [-0.2, 0) is 21.9 Å². The maximum Gasteiger partial charge on any atom is 0.262 e. The zero-order valence-corrected chi connectivity index (χ0v) is 20.7. The molecule has 3 aromatic rings. The van der Waals surface area contributed by atoms with Crippen molar-refractivity contribution in [3.05, 3.63) is 54.0 Å². The van der Waals surface area contributed by atoms with E-state index in [-0.39, 0.29) is 28.4 Å². The number of sulfonamides is 1. The zero-order valence-electron chi connectivity index (χ0n) is 19.8. The first-order valence-electron chi connectivity index (χ1n) is 11.3. The number of methoxy groups -OCH3 is 1. The summed E-state index contributed by atoms with van der Waals surface area (Å²) in [5.74, 6) is -0.298. The molecule has 1 saturated heterocycles. The number of benzene rings is 2. The highest BCUT2D eigenvalue weighted by molar-refractivity contribution is 7.92. The highest BCUT2D eigenvalue weighted by Crippen LogP contribution is 2.36. The van der Waals surface area contributed by atoms with E-state index < -0.39 is 15.8 Å². The molecule has 0 spiro atoms. The minimum Gasteiger partial charge on any atom is -0.494 e. The van der Waals surface area contributed by atoms with Gasteiger partial charge in [-0.25, -0.2) is 12.8 Å². The third-order valence-corrected chi connectivity index (χ3v) is 7.82. The van der Waals surface area contributed by atoms with Crippen LogP contribution in [0.2, 0.25) is 0 Å². The van der Waals surface area contributed by atoms with Crippen molar-refractivity contribution in [3.63, 3.8) is 0 Å². The van der Waals surface area contributed by atoms with Gasteiger partial charge in [-0.1, -0.05) is 13.8 Å². The molecule has 0 atom stereocenters. The molecule has 34 heavy (non-hydrogen) atoms. The summed E-state index contributed by atoms with van der Waals surface area (Å²) in [6.45, 7) is 5.28. The highest BCUT2D eigenvalue weighted by atomic mass is 32.2. The maximum atomic E-state index is 13.7. The number of aromatic nitrogens is 1. The largest absolute Gasteiger partial charge is 0.494 e. The lowest BCUT2D eigenvalue weighted by atomic mass is 9.88. The SMILES string of the molecule is COc1cc(S(=O)(=O)Nc2ccc3c(c2)c(C2CCN(C(=O)C(C)C)CC2)cn3C)ccc1F. The summed E-state index contributed by atoms with van der Waals surface area (Å²) >= 11 is 0. The van der Waals surface area contributed by atoms with Crippen molar-refractivity contribution in [1.82, 2.24) is 9.47 Å². The van der Waals surface area contributed by atoms with E-state index >= 15 is 0 Å². The first kappa shape index (κ1) is 24.1. The molecule has 1 aliphatic heterocycles. The summed E-state index contributed by atoms with van der Waals surface area (Å²) in [5.41, 5.74) is 2.58. The number of piperidine rings is 1. The highest BCUT2D eigenvalue weighted by Gasteiger charge is 2.27. The molecule has 1 aliphatic rings. The summed E-state index contributed by atoms with van der Waals surface area (Å²) < 4.78 is 49.2. The summed E-state index contributed by atoms with van der Waals surface area (Å²) in [6, 6.07) is 8.89. The van der Waals surface area contributed by atoms with Gasteiger partial charge in [0.25, 0.3) is 10.0 Å². The Morgan fingerprint density at radius 3 is 2.50 bits per heavy atom. The Morgan fingerprint density at radius 2 is 1.85 bits per heavy atom. The zero-order chi connectivity index (χ0) is 24.6. The number of nitrogens with one attached hydrogen (secondary N) is 1. The molecule has 1 fully saturated rings. The average Bonchev–Trinajstić information content (AvgIpc) is 3.14. The number of anilines is 1. The van der Waals surface area contributed by atoms with Crippen molar-refractivity contribution in [2.45, 2.75) is 37.5 Å². The van der Waals surface area contributed by atoms with Crippen LogP contribution in [0.3, 0.4) is 0 Å². The number of fused-ring (bicyclic) bond motifs is 1. The van der Waals surface area contributed by atoms with E-state index in [1.165, 1.54) is 13.2 Å². The second-order valence-electron chi connectivity index (χ2n) is 9.08. The summed E-state index contributed by atoms with van der Waals surface area (Å²) in [6.07, 6.45) is 3.82. The summed E-state index contributed by atoms with van der Waals surface area (Å²) in [7, 11) is -0.677. The second-order valence-corrected chi connectivity index (χ2v) is 10.8. The molecule has 0 radical (unpaired) electrons. The molecule has 0 bridgehead atoms. The van der Waals surface area contributed by atoms with E-state index in [2.05, 4.69) is 10.9 Å². The molecule has 2 heterocycles. The first-order chi connectivity index (χ1) is 16.1. The molecule has 7 nitrogen and oxygen atoms in total. The van der Waals surface area contributed by atoms with E-state index in [9.17, 15) is 17.6 Å². The van der Waals surface area contributed by atoms with Crippen LogP contribution in [0.25, 0.3) is 10.9 Å². The summed E-state index contributed by atoms with van der Waals surface area (Å²) in [4.78, 5) is 14.2. The fourth-order valence-electron chi connectivity index (χ4n) is 4.61. The normalized spacial score (nSPS) is 15.2. The number of hydrogen-bond acceptors (Lipinski definition) is 4. The van der Waals surface area contributed by atoms with E-state index in [1.54, 1.807) is 6.07 Å². The molecule has 0 saturated carbocycles. The predicted octanol–water partition coefficient (Wildman–Crippen LogP) is 4.49. The minimum atomic E-state index is -3.93. The average molecular weight is 488 g/mol. The van der Waals surface area contributed by atoms with Gasteiger partial charge in [0.05, 0.1) is 12.0 Å². The molecule has 4 rings (SSSR count). The Labute approximate surface area is 199 Å².